The predicted molar refractivity (Wildman–Crippen MR) is 95.7 cm³/mol. The highest BCUT2D eigenvalue weighted by Gasteiger charge is 2.23. The van der Waals surface area contributed by atoms with Crippen molar-refractivity contribution in [1.82, 2.24) is 5.32 Å². The molecule has 2 N–H and O–H groups in total. The zero-order valence-electron chi connectivity index (χ0n) is 14.7. The SMILES string of the molecule is O=C(Nc1cccc(F)c1)NC1CCC(OCc2c(F)cccc2F)CC1. The van der Waals surface area contributed by atoms with Crippen LogP contribution in [-0.2, 0) is 11.3 Å². The fourth-order valence-electron chi connectivity index (χ4n) is 3.16. The molecule has 0 aromatic heterocycles. The second-order valence-electron chi connectivity index (χ2n) is 6.59. The van der Waals surface area contributed by atoms with E-state index in [1.807, 2.05) is 0 Å². The number of nitrogens with one attached hydrogen (secondary N) is 2. The molecular weight excluding hydrogens is 357 g/mol. The maximum atomic E-state index is 13.6. The van der Waals surface area contributed by atoms with Crippen molar-refractivity contribution in [3.63, 3.8) is 0 Å². The van der Waals surface area contributed by atoms with Gasteiger partial charge in [-0.05, 0) is 56.0 Å². The third kappa shape index (κ3) is 5.47. The maximum absolute atomic E-state index is 13.6. The Balaban J connectivity index is 1.41. The molecule has 1 aliphatic rings. The zero-order valence-corrected chi connectivity index (χ0v) is 14.7. The Morgan fingerprint density at radius 1 is 1.00 bits per heavy atom. The van der Waals surface area contributed by atoms with E-state index in [9.17, 15) is 18.0 Å². The van der Waals surface area contributed by atoms with Crippen molar-refractivity contribution < 1.29 is 22.7 Å². The minimum absolute atomic E-state index is 0.0244. The minimum atomic E-state index is -0.612. The van der Waals surface area contributed by atoms with E-state index in [0.29, 0.717) is 31.4 Å². The number of halogens is 3. The lowest BCUT2D eigenvalue weighted by Gasteiger charge is -2.29. The second kappa shape index (κ2) is 8.90. The van der Waals surface area contributed by atoms with Crippen LogP contribution in [0.15, 0.2) is 42.5 Å². The molecule has 27 heavy (non-hydrogen) atoms. The van der Waals surface area contributed by atoms with Crippen LogP contribution < -0.4 is 10.6 Å². The molecule has 144 valence electrons. The third-order valence-electron chi connectivity index (χ3n) is 4.62. The number of hydrogen-bond donors (Lipinski definition) is 2. The summed E-state index contributed by atoms with van der Waals surface area (Å²) >= 11 is 0. The Bertz CT molecular complexity index is 772. The van der Waals surface area contributed by atoms with E-state index >= 15 is 0 Å². The van der Waals surface area contributed by atoms with E-state index in [2.05, 4.69) is 10.6 Å². The Morgan fingerprint density at radius 3 is 2.33 bits per heavy atom. The molecule has 0 aliphatic heterocycles. The number of anilines is 1. The van der Waals surface area contributed by atoms with E-state index in [4.69, 9.17) is 4.74 Å². The average molecular weight is 378 g/mol. The fraction of sp³-hybridized carbons (Fsp3) is 0.350. The van der Waals surface area contributed by atoms with Crippen LogP contribution in [0, 0.1) is 17.5 Å². The highest BCUT2D eigenvalue weighted by Crippen LogP contribution is 2.23. The van der Waals surface area contributed by atoms with Gasteiger partial charge < -0.3 is 15.4 Å². The van der Waals surface area contributed by atoms with E-state index in [-0.39, 0.29) is 24.3 Å². The van der Waals surface area contributed by atoms with Crippen LogP contribution in [0.5, 0.6) is 0 Å². The van der Waals surface area contributed by atoms with Crippen LogP contribution in [0.1, 0.15) is 31.2 Å². The lowest BCUT2D eigenvalue weighted by molar-refractivity contribution is 0.00964. The van der Waals surface area contributed by atoms with Crippen LogP contribution in [0.25, 0.3) is 0 Å². The number of urea groups is 1. The van der Waals surface area contributed by atoms with Crippen molar-refractivity contribution in [2.45, 2.75) is 44.4 Å². The minimum Gasteiger partial charge on any atom is -0.373 e. The monoisotopic (exact) mass is 378 g/mol. The molecule has 0 saturated heterocycles. The normalized spacial score (nSPS) is 19.5. The Labute approximate surface area is 155 Å². The molecule has 0 radical (unpaired) electrons. The van der Waals surface area contributed by atoms with Gasteiger partial charge in [-0.2, -0.15) is 0 Å². The summed E-state index contributed by atoms with van der Waals surface area (Å²) in [5.74, 6) is -1.64. The van der Waals surface area contributed by atoms with E-state index in [1.54, 1.807) is 6.07 Å². The van der Waals surface area contributed by atoms with Gasteiger partial charge >= 0.3 is 6.03 Å². The summed E-state index contributed by atoms with van der Waals surface area (Å²) in [4.78, 5) is 12.0. The Morgan fingerprint density at radius 2 is 1.67 bits per heavy atom. The third-order valence-corrected chi connectivity index (χ3v) is 4.62. The molecule has 4 nitrogen and oxygen atoms in total. The molecule has 3 rings (SSSR count). The summed E-state index contributed by atoms with van der Waals surface area (Å²) in [5, 5.41) is 5.45. The molecule has 2 aromatic rings. The van der Waals surface area contributed by atoms with Crippen molar-refractivity contribution in [2.24, 2.45) is 0 Å². The number of hydrogen-bond acceptors (Lipinski definition) is 2. The summed E-state index contributed by atoms with van der Waals surface area (Å²) in [7, 11) is 0. The maximum Gasteiger partial charge on any atom is 0.319 e. The molecule has 0 heterocycles. The molecule has 0 spiro atoms. The van der Waals surface area contributed by atoms with E-state index in [0.717, 1.165) is 0 Å². The number of amides is 2. The molecule has 7 heteroatoms. The molecule has 0 atom stereocenters. The molecular formula is C20H21F3N2O2. The molecule has 1 aliphatic carbocycles. The lowest BCUT2D eigenvalue weighted by Crippen LogP contribution is -2.41. The van der Waals surface area contributed by atoms with E-state index < -0.39 is 23.5 Å². The number of carbonyl (C=O) groups excluding carboxylic acids is 1. The van der Waals surface area contributed by atoms with Crippen LogP contribution in [0.4, 0.5) is 23.7 Å². The van der Waals surface area contributed by atoms with Crippen molar-refractivity contribution in [1.29, 1.82) is 0 Å². The lowest BCUT2D eigenvalue weighted by atomic mass is 9.93. The molecule has 0 bridgehead atoms. The van der Waals surface area contributed by atoms with Gasteiger partial charge in [0.05, 0.1) is 12.7 Å². The number of ether oxygens (including phenoxy) is 1. The van der Waals surface area contributed by atoms with Crippen LogP contribution in [0.2, 0.25) is 0 Å². The molecule has 1 saturated carbocycles. The van der Waals surface area contributed by atoms with Crippen LogP contribution >= 0.6 is 0 Å². The molecule has 2 aromatic carbocycles. The number of benzene rings is 2. The van der Waals surface area contributed by atoms with Gasteiger partial charge in [0, 0.05) is 17.3 Å². The summed E-state index contributed by atoms with van der Waals surface area (Å²) in [6, 6.07) is 8.99. The van der Waals surface area contributed by atoms with Crippen LogP contribution in [-0.4, -0.2) is 18.2 Å². The molecule has 2 amide bonds. The topological polar surface area (TPSA) is 50.4 Å². The zero-order chi connectivity index (χ0) is 19.2. The largest absolute Gasteiger partial charge is 0.373 e. The number of carbonyl (C=O) groups is 1. The smallest absolute Gasteiger partial charge is 0.319 e. The van der Waals surface area contributed by atoms with Gasteiger partial charge in [0.1, 0.15) is 17.5 Å². The van der Waals surface area contributed by atoms with Gasteiger partial charge in [-0.15, -0.1) is 0 Å². The standard InChI is InChI=1S/C20H21F3N2O2/c21-13-3-1-4-15(11-13)25-20(26)24-14-7-9-16(10-8-14)27-12-17-18(22)5-2-6-19(17)23/h1-6,11,14,16H,7-10,12H2,(H2,24,25,26). The first-order valence-corrected chi connectivity index (χ1v) is 8.89. The van der Waals surface area contributed by atoms with Gasteiger partial charge in [-0.3, -0.25) is 0 Å². The van der Waals surface area contributed by atoms with Crippen molar-refractivity contribution in [3.05, 3.63) is 65.5 Å². The van der Waals surface area contributed by atoms with Crippen LogP contribution in [0.3, 0.4) is 0 Å². The first kappa shape index (κ1) is 19.2. The van der Waals surface area contributed by atoms with Crippen molar-refractivity contribution in [2.75, 3.05) is 5.32 Å². The Kier molecular flexibility index (Phi) is 6.34. The van der Waals surface area contributed by atoms with Gasteiger partial charge in [0.15, 0.2) is 0 Å². The van der Waals surface area contributed by atoms with Gasteiger partial charge in [0.2, 0.25) is 0 Å². The van der Waals surface area contributed by atoms with Gasteiger partial charge in [-0.25, -0.2) is 18.0 Å². The van der Waals surface area contributed by atoms with Gasteiger partial charge in [-0.1, -0.05) is 12.1 Å². The summed E-state index contributed by atoms with van der Waals surface area (Å²) in [6.07, 6.45) is 2.65. The first-order valence-electron chi connectivity index (χ1n) is 8.89. The van der Waals surface area contributed by atoms with Crippen molar-refractivity contribution in [3.8, 4) is 0 Å². The highest BCUT2D eigenvalue weighted by molar-refractivity contribution is 5.89. The summed E-state index contributed by atoms with van der Waals surface area (Å²) < 4.78 is 46.0. The van der Waals surface area contributed by atoms with E-state index in [1.165, 1.54) is 36.4 Å². The number of rotatable bonds is 5. The van der Waals surface area contributed by atoms with Crippen molar-refractivity contribution >= 4 is 11.7 Å². The summed E-state index contributed by atoms with van der Waals surface area (Å²) in [6.45, 7) is -0.110. The molecule has 1 fully saturated rings. The predicted octanol–water partition coefficient (Wildman–Crippen LogP) is 4.75. The first-order chi connectivity index (χ1) is 13.0. The summed E-state index contributed by atoms with van der Waals surface area (Å²) in [5.41, 5.74) is 0.323. The quantitative estimate of drug-likeness (QED) is 0.789. The van der Waals surface area contributed by atoms with Gasteiger partial charge in [0.25, 0.3) is 0 Å². The fourth-order valence-corrected chi connectivity index (χ4v) is 3.16. The Hall–Kier alpha value is -2.54. The second-order valence-corrected chi connectivity index (χ2v) is 6.59. The average Bonchev–Trinajstić information content (AvgIpc) is 2.62. The molecule has 0 unspecified atom stereocenters. The highest BCUT2D eigenvalue weighted by atomic mass is 19.1.